The normalized spacial score (nSPS) is 12.1. The van der Waals surface area contributed by atoms with Crippen LogP contribution in [0.5, 0.6) is 0 Å². The van der Waals surface area contributed by atoms with Crippen molar-refractivity contribution in [1.29, 1.82) is 0 Å². The van der Waals surface area contributed by atoms with Gasteiger partial charge in [0.2, 0.25) is 0 Å². The fourth-order valence-corrected chi connectivity index (χ4v) is 3.83. The summed E-state index contributed by atoms with van der Waals surface area (Å²) in [7, 11) is 3.35. The van der Waals surface area contributed by atoms with E-state index < -0.39 is 0 Å². The smallest absolute Gasteiger partial charge is 0.261 e. The number of para-hydroxylation sites is 1. The van der Waals surface area contributed by atoms with Crippen molar-refractivity contribution in [1.82, 2.24) is 14.5 Å². The zero-order valence-corrected chi connectivity index (χ0v) is 18.3. The van der Waals surface area contributed by atoms with Crippen LogP contribution in [0.4, 0.5) is 0 Å². The van der Waals surface area contributed by atoms with Gasteiger partial charge in [-0.05, 0) is 36.8 Å². The van der Waals surface area contributed by atoms with Crippen molar-refractivity contribution in [3.8, 4) is 0 Å². The van der Waals surface area contributed by atoms with Gasteiger partial charge in [0, 0.05) is 24.2 Å². The van der Waals surface area contributed by atoms with Gasteiger partial charge >= 0.3 is 0 Å². The van der Waals surface area contributed by atoms with E-state index in [0.29, 0.717) is 41.9 Å². The number of carbonyl (C=O) groups excluding carboxylic acids is 1. The fourth-order valence-electron chi connectivity index (χ4n) is 3.43. The number of hydrogen-bond acceptors (Lipinski definition) is 4. The third kappa shape index (κ3) is 4.41. The molecule has 0 aliphatic carbocycles. The number of aromatic nitrogens is 2. The first kappa shape index (κ1) is 21.2. The van der Waals surface area contributed by atoms with Gasteiger partial charge in [-0.1, -0.05) is 41.1 Å². The molecule has 0 fully saturated rings. The lowest BCUT2D eigenvalue weighted by Crippen LogP contribution is -2.37. The van der Waals surface area contributed by atoms with Crippen LogP contribution in [0.2, 0.25) is 0 Å². The topological polar surface area (TPSA) is 64.4 Å². The highest BCUT2D eigenvalue weighted by Gasteiger charge is 2.26. The molecule has 0 radical (unpaired) electrons. The van der Waals surface area contributed by atoms with Gasteiger partial charge in [-0.3, -0.25) is 14.2 Å². The Bertz CT molecular complexity index is 1080. The van der Waals surface area contributed by atoms with E-state index in [4.69, 9.17) is 9.72 Å². The summed E-state index contributed by atoms with van der Waals surface area (Å²) in [5.74, 6) is 0.443. The van der Waals surface area contributed by atoms with E-state index in [1.54, 1.807) is 41.8 Å². The Hall–Kier alpha value is -2.51. The molecule has 0 aliphatic heterocycles. The molecule has 0 saturated carbocycles. The van der Waals surface area contributed by atoms with E-state index in [1.807, 2.05) is 37.3 Å². The largest absolute Gasteiger partial charge is 0.383 e. The molecule has 3 rings (SSSR count). The average Bonchev–Trinajstić information content (AvgIpc) is 2.73. The number of hydrogen-bond donors (Lipinski definition) is 0. The molecule has 0 aliphatic rings. The first-order valence-electron chi connectivity index (χ1n) is 9.49. The molecular formula is C22H24BrN3O3. The molecule has 0 saturated heterocycles. The van der Waals surface area contributed by atoms with Crippen molar-refractivity contribution >= 4 is 32.7 Å². The minimum atomic E-state index is -0.351. The Morgan fingerprint density at radius 1 is 1.24 bits per heavy atom. The summed E-state index contributed by atoms with van der Waals surface area (Å²) in [6.07, 6.45) is 0.619. The van der Waals surface area contributed by atoms with E-state index in [1.165, 1.54) is 0 Å². The van der Waals surface area contributed by atoms with Crippen LogP contribution in [-0.2, 0) is 11.3 Å². The molecule has 0 bridgehead atoms. The molecule has 0 N–H and O–H groups in total. The minimum absolute atomic E-state index is 0.121. The second-order valence-corrected chi connectivity index (χ2v) is 7.70. The lowest BCUT2D eigenvalue weighted by molar-refractivity contribution is 0.0713. The number of halogens is 1. The number of methoxy groups -OCH3 is 1. The van der Waals surface area contributed by atoms with Crippen LogP contribution >= 0.6 is 15.9 Å². The molecule has 0 spiro atoms. The van der Waals surface area contributed by atoms with E-state index in [-0.39, 0.29) is 17.5 Å². The first-order chi connectivity index (χ1) is 14.0. The number of fused-ring (bicyclic) bond motifs is 1. The summed E-state index contributed by atoms with van der Waals surface area (Å²) < 4.78 is 7.67. The monoisotopic (exact) mass is 457 g/mol. The highest BCUT2D eigenvalue weighted by molar-refractivity contribution is 9.10. The Balaban J connectivity index is 2.10. The van der Waals surface area contributed by atoms with Crippen molar-refractivity contribution < 1.29 is 9.53 Å². The van der Waals surface area contributed by atoms with Crippen LogP contribution in [-0.4, -0.2) is 41.1 Å². The van der Waals surface area contributed by atoms with Gasteiger partial charge in [0.25, 0.3) is 11.5 Å². The van der Waals surface area contributed by atoms with E-state index in [9.17, 15) is 9.59 Å². The summed E-state index contributed by atoms with van der Waals surface area (Å²) in [5.41, 5.74) is 1.08. The van der Waals surface area contributed by atoms with Gasteiger partial charge < -0.3 is 9.64 Å². The molecule has 2 aromatic carbocycles. The fraction of sp³-hybridized carbons (Fsp3) is 0.318. The maximum Gasteiger partial charge on any atom is 0.261 e. The highest BCUT2D eigenvalue weighted by atomic mass is 79.9. The van der Waals surface area contributed by atoms with Crippen LogP contribution in [0.3, 0.4) is 0 Å². The predicted molar refractivity (Wildman–Crippen MR) is 117 cm³/mol. The van der Waals surface area contributed by atoms with Gasteiger partial charge in [0.1, 0.15) is 5.82 Å². The second-order valence-electron chi connectivity index (χ2n) is 6.79. The van der Waals surface area contributed by atoms with Crippen LogP contribution < -0.4 is 5.56 Å². The molecular weight excluding hydrogens is 434 g/mol. The lowest BCUT2D eigenvalue weighted by Gasteiger charge is -2.29. The predicted octanol–water partition coefficient (Wildman–Crippen LogP) is 4.03. The number of amides is 1. The van der Waals surface area contributed by atoms with E-state index in [2.05, 4.69) is 15.9 Å². The van der Waals surface area contributed by atoms with Crippen LogP contribution in [0, 0.1) is 0 Å². The summed E-state index contributed by atoms with van der Waals surface area (Å²) in [6, 6.07) is 14.2. The standard InChI is InChI=1S/C22H24BrN3O3/c1-4-19(25(2)21(27)15-8-7-9-16(23)14-15)20-24-18-11-6-5-10-17(18)22(28)26(20)12-13-29-3/h5-11,14,19H,4,12-13H2,1-3H3. The van der Waals surface area contributed by atoms with Gasteiger partial charge in [-0.2, -0.15) is 0 Å². The third-order valence-corrected chi connectivity index (χ3v) is 5.45. The molecule has 1 atom stereocenters. The number of rotatable bonds is 7. The molecule has 152 valence electrons. The van der Waals surface area contributed by atoms with Gasteiger partial charge in [0.05, 0.1) is 30.1 Å². The Morgan fingerprint density at radius 2 is 2.00 bits per heavy atom. The Kier molecular flexibility index (Phi) is 6.82. The van der Waals surface area contributed by atoms with Crippen LogP contribution in [0.1, 0.15) is 35.6 Å². The van der Waals surface area contributed by atoms with Crippen molar-refractivity contribution in [2.45, 2.75) is 25.9 Å². The van der Waals surface area contributed by atoms with E-state index in [0.717, 1.165) is 4.47 Å². The van der Waals surface area contributed by atoms with Gasteiger partial charge in [-0.25, -0.2) is 4.98 Å². The van der Waals surface area contributed by atoms with Crippen molar-refractivity contribution in [3.05, 3.63) is 74.7 Å². The summed E-state index contributed by atoms with van der Waals surface area (Å²) in [4.78, 5) is 32.7. The lowest BCUT2D eigenvalue weighted by atomic mass is 10.1. The second kappa shape index (κ2) is 9.33. The highest BCUT2D eigenvalue weighted by Crippen LogP contribution is 2.25. The van der Waals surface area contributed by atoms with Crippen molar-refractivity contribution in [2.24, 2.45) is 0 Å². The van der Waals surface area contributed by atoms with Crippen LogP contribution in [0.25, 0.3) is 10.9 Å². The molecule has 3 aromatic rings. The zero-order chi connectivity index (χ0) is 21.0. The summed E-state index contributed by atoms with van der Waals surface area (Å²) >= 11 is 3.41. The van der Waals surface area contributed by atoms with Crippen molar-refractivity contribution in [2.75, 3.05) is 20.8 Å². The number of ether oxygens (including phenoxy) is 1. The average molecular weight is 458 g/mol. The molecule has 1 amide bonds. The van der Waals surface area contributed by atoms with Gasteiger partial charge in [-0.15, -0.1) is 0 Å². The summed E-state index contributed by atoms with van der Waals surface area (Å²) in [5, 5.41) is 0.558. The maximum atomic E-state index is 13.1. The first-order valence-corrected chi connectivity index (χ1v) is 10.3. The Labute approximate surface area is 178 Å². The third-order valence-electron chi connectivity index (χ3n) is 4.95. The quantitative estimate of drug-likeness (QED) is 0.537. The molecule has 29 heavy (non-hydrogen) atoms. The minimum Gasteiger partial charge on any atom is -0.383 e. The molecule has 7 heteroatoms. The van der Waals surface area contributed by atoms with Crippen LogP contribution in [0.15, 0.2) is 57.8 Å². The number of benzene rings is 2. The summed E-state index contributed by atoms with van der Waals surface area (Å²) in [6.45, 7) is 2.74. The SMILES string of the molecule is CCC(c1nc2ccccc2c(=O)n1CCOC)N(C)C(=O)c1cccc(Br)c1. The van der Waals surface area contributed by atoms with Gasteiger partial charge in [0.15, 0.2) is 0 Å². The van der Waals surface area contributed by atoms with Crippen molar-refractivity contribution in [3.63, 3.8) is 0 Å². The molecule has 1 aromatic heterocycles. The molecule has 6 nitrogen and oxygen atoms in total. The van der Waals surface area contributed by atoms with E-state index >= 15 is 0 Å². The molecule has 1 heterocycles. The zero-order valence-electron chi connectivity index (χ0n) is 16.8. The number of nitrogens with zero attached hydrogens (tertiary/aromatic N) is 3. The Morgan fingerprint density at radius 3 is 2.69 bits per heavy atom. The number of carbonyl (C=O) groups is 1. The molecule has 1 unspecified atom stereocenters. The maximum absolute atomic E-state index is 13.1.